The maximum absolute atomic E-state index is 5.36. The van der Waals surface area contributed by atoms with Crippen molar-refractivity contribution in [2.45, 2.75) is 13.5 Å². The normalized spacial score (nSPS) is 10.9. The number of hydrogen-bond donors (Lipinski definition) is 1. The highest BCUT2D eigenvalue weighted by Gasteiger charge is 2.13. The second-order valence-electron chi connectivity index (χ2n) is 3.95. The molecule has 0 fully saturated rings. The van der Waals surface area contributed by atoms with Crippen molar-refractivity contribution < 1.29 is 4.42 Å². The third kappa shape index (κ3) is 1.93. The van der Waals surface area contributed by atoms with E-state index in [4.69, 9.17) is 16.6 Å². The van der Waals surface area contributed by atoms with Gasteiger partial charge < -0.3 is 4.42 Å². The molecule has 0 saturated carbocycles. The molecule has 92 valence electrons. The fraction of sp³-hybridized carbons (Fsp3) is 0.167. The molecule has 0 aliphatic heterocycles. The Labute approximate surface area is 113 Å². The second-order valence-corrected chi connectivity index (χ2v) is 5.25. The Morgan fingerprint density at radius 2 is 2.39 bits per heavy atom. The van der Waals surface area contributed by atoms with Crippen molar-refractivity contribution in [3.8, 4) is 10.7 Å². The maximum atomic E-state index is 5.36. The minimum atomic E-state index is 0.592. The van der Waals surface area contributed by atoms with E-state index in [0.29, 0.717) is 11.3 Å². The lowest BCUT2D eigenvalue weighted by molar-refractivity contribution is 0.493. The van der Waals surface area contributed by atoms with Crippen molar-refractivity contribution in [2.24, 2.45) is 0 Å². The molecule has 3 aromatic rings. The van der Waals surface area contributed by atoms with Crippen LogP contribution in [0.5, 0.6) is 0 Å². The fourth-order valence-corrected chi connectivity index (χ4v) is 2.92. The monoisotopic (exact) mass is 277 g/mol. The molecule has 3 aromatic heterocycles. The molecule has 0 unspecified atom stereocenters. The quantitative estimate of drug-likeness (QED) is 0.744. The van der Waals surface area contributed by atoms with Crippen LogP contribution in [0.3, 0.4) is 0 Å². The Hall–Kier alpha value is -1.66. The smallest absolute Gasteiger partial charge is 0.195 e. The summed E-state index contributed by atoms with van der Waals surface area (Å²) in [5.41, 5.74) is 1.20. The molecule has 4 nitrogen and oxygen atoms in total. The van der Waals surface area contributed by atoms with E-state index >= 15 is 0 Å². The van der Waals surface area contributed by atoms with Crippen LogP contribution in [0.15, 0.2) is 34.3 Å². The molecule has 0 aliphatic rings. The summed E-state index contributed by atoms with van der Waals surface area (Å²) in [7, 11) is 0. The topological polar surface area (TPSA) is 46.8 Å². The molecule has 0 bridgehead atoms. The molecule has 0 saturated heterocycles. The summed E-state index contributed by atoms with van der Waals surface area (Å²) < 4.78 is 7.92. The van der Waals surface area contributed by atoms with Gasteiger partial charge in [0.1, 0.15) is 5.76 Å². The van der Waals surface area contributed by atoms with Crippen molar-refractivity contribution in [1.29, 1.82) is 0 Å². The van der Waals surface area contributed by atoms with Gasteiger partial charge in [0.15, 0.2) is 10.6 Å². The highest BCUT2D eigenvalue weighted by atomic mass is 32.1. The van der Waals surface area contributed by atoms with E-state index in [1.54, 1.807) is 17.6 Å². The van der Waals surface area contributed by atoms with Gasteiger partial charge in [-0.15, -0.1) is 11.3 Å². The predicted molar refractivity (Wildman–Crippen MR) is 73.3 cm³/mol. The number of H-pyrrole nitrogens is 1. The van der Waals surface area contributed by atoms with Crippen molar-refractivity contribution in [1.82, 2.24) is 14.8 Å². The summed E-state index contributed by atoms with van der Waals surface area (Å²) in [4.78, 5) is 1.13. The number of aryl methyl sites for hydroxylation is 1. The summed E-state index contributed by atoms with van der Waals surface area (Å²) in [6, 6.07) is 5.88. The first-order chi connectivity index (χ1) is 8.75. The first-order valence-corrected chi connectivity index (χ1v) is 6.76. The number of rotatable bonds is 3. The number of nitrogens with one attached hydrogen (secondary N) is 1. The van der Waals surface area contributed by atoms with Crippen molar-refractivity contribution in [2.75, 3.05) is 0 Å². The number of aromatic nitrogens is 3. The molecular formula is C12H11N3OS2. The van der Waals surface area contributed by atoms with Gasteiger partial charge in [-0.2, -0.15) is 5.10 Å². The Morgan fingerprint density at radius 1 is 1.50 bits per heavy atom. The Kier molecular flexibility index (Phi) is 2.89. The van der Waals surface area contributed by atoms with Crippen LogP contribution in [0.2, 0.25) is 0 Å². The molecule has 0 radical (unpaired) electrons. The van der Waals surface area contributed by atoms with E-state index in [1.807, 2.05) is 16.7 Å². The zero-order chi connectivity index (χ0) is 12.5. The zero-order valence-electron chi connectivity index (χ0n) is 9.71. The minimum absolute atomic E-state index is 0.592. The van der Waals surface area contributed by atoms with Crippen LogP contribution in [0.1, 0.15) is 11.3 Å². The van der Waals surface area contributed by atoms with E-state index in [-0.39, 0.29) is 0 Å². The van der Waals surface area contributed by atoms with E-state index in [1.165, 1.54) is 5.56 Å². The molecule has 0 spiro atoms. The minimum Gasteiger partial charge on any atom is -0.467 e. The molecule has 0 atom stereocenters. The van der Waals surface area contributed by atoms with Gasteiger partial charge in [0.25, 0.3) is 0 Å². The van der Waals surface area contributed by atoms with Gasteiger partial charge in [-0.1, -0.05) is 0 Å². The van der Waals surface area contributed by atoms with Gasteiger partial charge >= 0.3 is 0 Å². The van der Waals surface area contributed by atoms with Crippen LogP contribution in [0.4, 0.5) is 0 Å². The van der Waals surface area contributed by atoms with Crippen molar-refractivity contribution >= 4 is 23.6 Å². The molecular weight excluding hydrogens is 266 g/mol. The average molecular weight is 277 g/mol. The van der Waals surface area contributed by atoms with Gasteiger partial charge in [0.2, 0.25) is 0 Å². The first-order valence-electron chi connectivity index (χ1n) is 5.48. The average Bonchev–Trinajstić information content (AvgIpc) is 3.05. The van der Waals surface area contributed by atoms with E-state index < -0.39 is 0 Å². The number of aromatic amines is 1. The standard InChI is InChI=1S/C12H11N3OS2/c1-8-4-6-18-10(8)11-13-14-12(17)15(11)7-9-3-2-5-16-9/h2-6H,7H2,1H3,(H,14,17). The third-order valence-corrected chi connectivity index (χ3v) is 4.04. The summed E-state index contributed by atoms with van der Waals surface area (Å²) in [5, 5.41) is 9.22. The number of furan rings is 1. The Bertz CT molecular complexity index is 706. The lowest BCUT2D eigenvalue weighted by Gasteiger charge is -2.04. The lowest BCUT2D eigenvalue weighted by Crippen LogP contribution is -2.01. The third-order valence-electron chi connectivity index (χ3n) is 2.72. The van der Waals surface area contributed by atoms with Crippen LogP contribution in [-0.4, -0.2) is 14.8 Å². The summed E-state index contributed by atoms with van der Waals surface area (Å²) in [5.74, 6) is 1.73. The van der Waals surface area contributed by atoms with Crippen LogP contribution in [0.25, 0.3) is 10.7 Å². The van der Waals surface area contributed by atoms with Gasteiger partial charge in [-0.3, -0.25) is 9.67 Å². The van der Waals surface area contributed by atoms with Gasteiger partial charge in [-0.25, -0.2) is 0 Å². The SMILES string of the molecule is Cc1ccsc1-c1n[nH]c(=S)n1Cc1ccco1. The molecule has 0 aromatic carbocycles. The van der Waals surface area contributed by atoms with Crippen LogP contribution >= 0.6 is 23.6 Å². The van der Waals surface area contributed by atoms with E-state index in [2.05, 4.69) is 28.6 Å². The first kappa shape index (κ1) is 11.4. The van der Waals surface area contributed by atoms with Gasteiger partial charge in [0.05, 0.1) is 17.7 Å². The molecule has 6 heteroatoms. The summed E-state index contributed by atoms with van der Waals surface area (Å²) >= 11 is 6.93. The van der Waals surface area contributed by atoms with Gasteiger partial charge in [0, 0.05) is 0 Å². The Balaban J connectivity index is 2.07. The van der Waals surface area contributed by atoms with E-state index in [0.717, 1.165) is 16.5 Å². The fourth-order valence-electron chi connectivity index (χ4n) is 1.80. The molecule has 3 rings (SSSR count). The number of thiophene rings is 1. The number of nitrogens with zero attached hydrogens (tertiary/aromatic N) is 2. The maximum Gasteiger partial charge on any atom is 0.195 e. The largest absolute Gasteiger partial charge is 0.467 e. The second kappa shape index (κ2) is 4.55. The highest BCUT2D eigenvalue weighted by molar-refractivity contribution is 7.71. The zero-order valence-corrected chi connectivity index (χ0v) is 11.3. The predicted octanol–water partition coefficient (Wildman–Crippen LogP) is 3.62. The van der Waals surface area contributed by atoms with Crippen molar-refractivity contribution in [3.63, 3.8) is 0 Å². The summed E-state index contributed by atoms with van der Waals surface area (Å²) in [6.07, 6.45) is 1.66. The van der Waals surface area contributed by atoms with Gasteiger partial charge in [-0.05, 0) is 48.3 Å². The molecule has 0 amide bonds. The molecule has 18 heavy (non-hydrogen) atoms. The Morgan fingerprint density at radius 3 is 3.06 bits per heavy atom. The molecule has 1 N–H and O–H groups in total. The number of hydrogen-bond acceptors (Lipinski definition) is 4. The molecule has 0 aliphatic carbocycles. The lowest BCUT2D eigenvalue weighted by atomic mass is 10.3. The van der Waals surface area contributed by atoms with Crippen LogP contribution < -0.4 is 0 Å². The van der Waals surface area contributed by atoms with Crippen LogP contribution in [0, 0.1) is 11.7 Å². The highest BCUT2D eigenvalue weighted by Crippen LogP contribution is 2.27. The van der Waals surface area contributed by atoms with Crippen LogP contribution in [-0.2, 0) is 6.54 Å². The van der Waals surface area contributed by atoms with Crippen molar-refractivity contribution in [3.05, 3.63) is 45.9 Å². The summed E-state index contributed by atoms with van der Waals surface area (Å²) in [6.45, 7) is 2.66. The van der Waals surface area contributed by atoms with E-state index in [9.17, 15) is 0 Å². The molecule has 3 heterocycles.